The monoisotopic (exact) mass is 284 g/mol. The second kappa shape index (κ2) is 4.45. The molecular weight excluding hydrogens is 272 g/mol. The third-order valence-electron chi connectivity index (χ3n) is 2.90. The van der Waals surface area contributed by atoms with Gasteiger partial charge in [0, 0.05) is 4.47 Å². The Balaban J connectivity index is 2.34. The number of hydrogen-bond donors (Lipinski definition) is 1. The van der Waals surface area contributed by atoms with Crippen LogP contribution in [0.3, 0.4) is 0 Å². The maximum Gasteiger partial charge on any atom is 0.311 e. The molecule has 0 radical (unpaired) electrons. The first-order valence-corrected chi connectivity index (χ1v) is 5.99. The van der Waals surface area contributed by atoms with Crippen molar-refractivity contribution in [2.45, 2.75) is 18.8 Å². The second-order valence-corrected chi connectivity index (χ2v) is 4.90. The molecule has 0 bridgehead atoms. The van der Waals surface area contributed by atoms with Crippen molar-refractivity contribution < 1.29 is 14.6 Å². The van der Waals surface area contributed by atoms with Crippen molar-refractivity contribution in [2.24, 2.45) is 5.92 Å². The number of hydrogen-bond acceptors (Lipinski definition) is 2. The van der Waals surface area contributed by atoms with Crippen molar-refractivity contribution in [3.63, 3.8) is 0 Å². The van der Waals surface area contributed by atoms with Gasteiger partial charge < -0.3 is 9.84 Å². The average Bonchev–Trinajstić information content (AvgIpc) is 3.04. The summed E-state index contributed by atoms with van der Waals surface area (Å²) in [7, 11) is 1.59. The summed E-state index contributed by atoms with van der Waals surface area (Å²) in [6, 6.07) is 5.45. The minimum Gasteiger partial charge on any atom is -0.497 e. The molecule has 0 aromatic heterocycles. The van der Waals surface area contributed by atoms with Gasteiger partial charge in [0.15, 0.2) is 0 Å². The summed E-state index contributed by atoms with van der Waals surface area (Å²) in [5.74, 6) is -0.105. The average molecular weight is 285 g/mol. The second-order valence-electron chi connectivity index (χ2n) is 4.04. The topological polar surface area (TPSA) is 46.5 Å². The van der Waals surface area contributed by atoms with E-state index in [4.69, 9.17) is 4.74 Å². The maximum absolute atomic E-state index is 11.2. The van der Waals surface area contributed by atoms with Crippen LogP contribution in [-0.4, -0.2) is 18.2 Å². The fraction of sp³-hybridized carbons (Fsp3) is 0.417. The zero-order valence-electron chi connectivity index (χ0n) is 8.94. The smallest absolute Gasteiger partial charge is 0.311 e. The van der Waals surface area contributed by atoms with Crippen molar-refractivity contribution in [3.8, 4) is 5.75 Å². The fourth-order valence-electron chi connectivity index (χ4n) is 1.91. The first-order chi connectivity index (χ1) is 7.63. The summed E-state index contributed by atoms with van der Waals surface area (Å²) < 4.78 is 5.90. The van der Waals surface area contributed by atoms with Gasteiger partial charge in [-0.25, -0.2) is 0 Å². The summed E-state index contributed by atoms with van der Waals surface area (Å²) in [6.45, 7) is 0. The molecule has 1 aliphatic carbocycles. The molecule has 1 atom stereocenters. The predicted molar refractivity (Wildman–Crippen MR) is 63.8 cm³/mol. The van der Waals surface area contributed by atoms with E-state index in [0.717, 1.165) is 28.6 Å². The first kappa shape index (κ1) is 11.5. The molecule has 0 saturated heterocycles. The molecule has 1 unspecified atom stereocenters. The van der Waals surface area contributed by atoms with E-state index >= 15 is 0 Å². The van der Waals surface area contributed by atoms with E-state index in [9.17, 15) is 9.90 Å². The number of benzene rings is 1. The first-order valence-electron chi connectivity index (χ1n) is 5.19. The van der Waals surface area contributed by atoms with Crippen LogP contribution < -0.4 is 4.74 Å². The highest BCUT2D eigenvalue weighted by Crippen LogP contribution is 2.45. The number of carboxylic acid groups (broad SMARTS) is 1. The zero-order chi connectivity index (χ0) is 11.7. The van der Waals surface area contributed by atoms with Crippen LogP contribution in [0.5, 0.6) is 5.75 Å². The molecule has 0 amide bonds. The molecule has 1 aromatic rings. The van der Waals surface area contributed by atoms with Gasteiger partial charge in [0.1, 0.15) is 5.75 Å². The molecule has 4 heteroatoms. The van der Waals surface area contributed by atoms with E-state index in [2.05, 4.69) is 15.9 Å². The summed E-state index contributed by atoms with van der Waals surface area (Å²) in [5, 5.41) is 9.24. The molecule has 86 valence electrons. The van der Waals surface area contributed by atoms with Gasteiger partial charge in [0.25, 0.3) is 0 Å². The van der Waals surface area contributed by atoms with Gasteiger partial charge in [0.05, 0.1) is 13.0 Å². The quantitative estimate of drug-likeness (QED) is 0.925. The van der Waals surface area contributed by atoms with Crippen molar-refractivity contribution in [3.05, 3.63) is 28.2 Å². The van der Waals surface area contributed by atoms with Crippen molar-refractivity contribution in [1.82, 2.24) is 0 Å². The number of ether oxygens (including phenoxy) is 1. The van der Waals surface area contributed by atoms with Gasteiger partial charge in [0.2, 0.25) is 0 Å². The Bertz CT molecular complexity index is 413. The number of carboxylic acids is 1. The maximum atomic E-state index is 11.2. The van der Waals surface area contributed by atoms with Gasteiger partial charge in [-0.05, 0) is 36.5 Å². The normalized spacial score (nSPS) is 16.9. The van der Waals surface area contributed by atoms with Crippen molar-refractivity contribution in [2.75, 3.05) is 7.11 Å². The Morgan fingerprint density at radius 1 is 1.56 bits per heavy atom. The standard InChI is InChI=1S/C12H13BrO3/c1-16-8-4-5-9(10(13)6-8)11(12(14)15)7-2-3-7/h4-7,11H,2-3H2,1H3,(H,14,15). The van der Waals surface area contributed by atoms with Crippen molar-refractivity contribution in [1.29, 1.82) is 0 Å². The SMILES string of the molecule is COc1ccc(C(C(=O)O)C2CC2)c(Br)c1. The third-order valence-corrected chi connectivity index (χ3v) is 3.59. The Morgan fingerprint density at radius 3 is 2.69 bits per heavy atom. The number of methoxy groups -OCH3 is 1. The van der Waals surface area contributed by atoms with Gasteiger partial charge in [-0.3, -0.25) is 4.79 Å². The van der Waals surface area contributed by atoms with Crippen molar-refractivity contribution >= 4 is 21.9 Å². The van der Waals surface area contributed by atoms with E-state index in [0.29, 0.717) is 5.92 Å². The molecule has 1 N–H and O–H groups in total. The van der Waals surface area contributed by atoms with Crippen LogP contribution in [0.25, 0.3) is 0 Å². The van der Waals surface area contributed by atoms with Crippen LogP contribution in [0.4, 0.5) is 0 Å². The lowest BCUT2D eigenvalue weighted by Gasteiger charge is -2.14. The minimum absolute atomic E-state index is 0.294. The molecule has 16 heavy (non-hydrogen) atoms. The zero-order valence-corrected chi connectivity index (χ0v) is 10.5. The van der Waals surface area contributed by atoms with Crippen LogP contribution in [0.1, 0.15) is 24.3 Å². The van der Waals surface area contributed by atoms with Crippen LogP contribution >= 0.6 is 15.9 Å². The van der Waals surface area contributed by atoms with Gasteiger partial charge in [-0.15, -0.1) is 0 Å². The van der Waals surface area contributed by atoms with Gasteiger partial charge >= 0.3 is 5.97 Å². The number of aliphatic carboxylic acids is 1. The lowest BCUT2D eigenvalue weighted by Crippen LogP contribution is -2.14. The van der Waals surface area contributed by atoms with E-state index in [1.54, 1.807) is 13.2 Å². The molecule has 1 aliphatic rings. The molecule has 0 aliphatic heterocycles. The predicted octanol–water partition coefficient (Wildman–Crippen LogP) is 3.04. The van der Waals surface area contributed by atoms with Crippen LogP contribution in [0.2, 0.25) is 0 Å². The number of halogens is 1. The van der Waals surface area contributed by atoms with Crippen LogP contribution in [0, 0.1) is 5.92 Å². The molecular formula is C12H13BrO3. The molecule has 0 spiro atoms. The molecule has 1 saturated carbocycles. The van der Waals surface area contributed by atoms with Gasteiger partial charge in [-0.2, -0.15) is 0 Å². The summed E-state index contributed by atoms with van der Waals surface area (Å²) in [6.07, 6.45) is 2.02. The number of rotatable bonds is 4. The van der Waals surface area contributed by atoms with Gasteiger partial charge in [-0.1, -0.05) is 22.0 Å². The molecule has 1 fully saturated rings. The Labute approximate surface area is 103 Å². The lowest BCUT2D eigenvalue weighted by molar-refractivity contribution is -0.139. The lowest BCUT2D eigenvalue weighted by atomic mass is 9.94. The summed E-state index contributed by atoms with van der Waals surface area (Å²) >= 11 is 3.41. The molecule has 0 heterocycles. The van der Waals surface area contributed by atoms with E-state index in [1.165, 1.54) is 0 Å². The fourth-order valence-corrected chi connectivity index (χ4v) is 2.51. The van der Waals surface area contributed by atoms with E-state index in [1.807, 2.05) is 12.1 Å². The molecule has 1 aromatic carbocycles. The summed E-state index contributed by atoms with van der Waals surface area (Å²) in [5.41, 5.74) is 0.843. The molecule has 3 nitrogen and oxygen atoms in total. The van der Waals surface area contributed by atoms with Crippen LogP contribution in [-0.2, 0) is 4.79 Å². The Morgan fingerprint density at radius 2 is 2.25 bits per heavy atom. The highest BCUT2D eigenvalue weighted by molar-refractivity contribution is 9.10. The number of carbonyl (C=O) groups is 1. The Hall–Kier alpha value is -1.03. The third kappa shape index (κ3) is 2.21. The van der Waals surface area contributed by atoms with Crippen LogP contribution in [0.15, 0.2) is 22.7 Å². The largest absolute Gasteiger partial charge is 0.497 e. The summed E-state index contributed by atoms with van der Waals surface area (Å²) in [4.78, 5) is 11.2. The van der Waals surface area contributed by atoms with E-state index < -0.39 is 5.97 Å². The molecule has 2 rings (SSSR count). The Kier molecular flexibility index (Phi) is 3.19. The highest BCUT2D eigenvalue weighted by atomic mass is 79.9. The minimum atomic E-state index is -0.742. The highest BCUT2D eigenvalue weighted by Gasteiger charge is 2.38. The van der Waals surface area contributed by atoms with E-state index in [-0.39, 0.29) is 5.92 Å².